The van der Waals surface area contributed by atoms with Crippen LogP contribution in [0.2, 0.25) is 0 Å². The van der Waals surface area contributed by atoms with Gasteiger partial charge in [-0.05, 0) is 55.8 Å². The molecular weight excluding hydrogens is 422 g/mol. The molecule has 3 rings (SSSR count). The van der Waals surface area contributed by atoms with E-state index in [1.54, 1.807) is 19.1 Å². The molecule has 0 fully saturated rings. The summed E-state index contributed by atoms with van der Waals surface area (Å²) in [4.78, 5) is 23.6. The number of carbonyl (C=O) groups excluding carboxylic acids is 2. The average molecular weight is 448 g/mol. The molecule has 10 heteroatoms. The van der Waals surface area contributed by atoms with Crippen LogP contribution >= 0.6 is 0 Å². The van der Waals surface area contributed by atoms with Crippen LogP contribution in [0.15, 0.2) is 47.4 Å². The number of sulfonamides is 1. The summed E-state index contributed by atoms with van der Waals surface area (Å²) in [6.45, 7) is 5.58. The maximum atomic E-state index is 12.6. The molecule has 0 spiro atoms. The Morgan fingerprint density at radius 1 is 0.968 bits per heavy atom. The van der Waals surface area contributed by atoms with E-state index < -0.39 is 22.0 Å². The van der Waals surface area contributed by atoms with Crippen molar-refractivity contribution in [2.75, 3.05) is 18.5 Å². The van der Waals surface area contributed by atoms with Gasteiger partial charge in [-0.1, -0.05) is 6.07 Å². The van der Waals surface area contributed by atoms with E-state index in [1.807, 2.05) is 6.07 Å². The molecule has 166 valence electrons. The van der Waals surface area contributed by atoms with Crippen LogP contribution in [0.3, 0.4) is 0 Å². The molecule has 3 N–H and O–H groups in total. The van der Waals surface area contributed by atoms with Crippen molar-refractivity contribution in [3.8, 4) is 11.5 Å². The summed E-state index contributed by atoms with van der Waals surface area (Å²) in [7, 11) is -3.92. The normalized spacial score (nSPS) is 14.9. The number of benzene rings is 2. The number of hydrogen-bond acceptors (Lipinski definition) is 6. The van der Waals surface area contributed by atoms with Crippen molar-refractivity contribution in [1.82, 2.24) is 10.0 Å². The third-order valence-corrected chi connectivity index (χ3v) is 6.19. The smallest absolute Gasteiger partial charge is 0.241 e. The maximum Gasteiger partial charge on any atom is 0.241 e. The van der Waals surface area contributed by atoms with Crippen molar-refractivity contribution < 1.29 is 27.5 Å². The fourth-order valence-corrected chi connectivity index (χ4v) is 4.23. The van der Waals surface area contributed by atoms with E-state index in [2.05, 4.69) is 15.4 Å². The van der Waals surface area contributed by atoms with Crippen molar-refractivity contribution in [2.45, 2.75) is 37.8 Å². The number of rotatable bonds is 7. The Balaban J connectivity index is 1.62. The molecule has 0 saturated heterocycles. The standard InChI is InChI=1S/C21H25N3O6S/c1-13(16-4-9-19-20(12-16)30-11-10-29-19)22-21(26)14(2)24-31(27,28)18-7-5-17(6-8-18)23-15(3)25/h4-9,12-14,24H,10-11H2,1-3H3,(H,22,26)(H,23,25)/t13?,14-/m0/s1. The van der Waals surface area contributed by atoms with Gasteiger partial charge in [0.25, 0.3) is 0 Å². The monoisotopic (exact) mass is 447 g/mol. The molecule has 31 heavy (non-hydrogen) atoms. The first kappa shape index (κ1) is 22.6. The summed E-state index contributed by atoms with van der Waals surface area (Å²) in [6, 6.07) is 9.70. The third-order valence-electron chi connectivity index (χ3n) is 4.64. The van der Waals surface area contributed by atoms with E-state index in [-0.39, 0.29) is 16.8 Å². The summed E-state index contributed by atoms with van der Waals surface area (Å²) >= 11 is 0. The highest BCUT2D eigenvalue weighted by molar-refractivity contribution is 7.89. The molecule has 0 saturated carbocycles. The number of ether oxygens (including phenoxy) is 2. The van der Waals surface area contributed by atoms with Gasteiger partial charge in [-0.2, -0.15) is 4.72 Å². The van der Waals surface area contributed by atoms with Crippen molar-refractivity contribution >= 4 is 27.5 Å². The third kappa shape index (κ3) is 5.74. The highest BCUT2D eigenvalue weighted by Gasteiger charge is 2.24. The first-order chi connectivity index (χ1) is 14.7. The van der Waals surface area contributed by atoms with Crippen LogP contribution in [-0.2, 0) is 19.6 Å². The number of nitrogens with one attached hydrogen (secondary N) is 3. The highest BCUT2D eigenvalue weighted by atomic mass is 32.2. The largest absolute Gasteiger partial charge is 0.486 e. The number of hydrogen-bond donors (Lipinski definition) is 3. The maximum absolute atomic E-state index is 12.6. The van der Waals surface area contributed by atoms with Crippen molar-refractivity contribution in [3.05, 3.63) is 48.0 Å². The summed E-state index contributed by atoms with van der Waals surface area (Å²) in [5, 5.41) is 5.36. The molecule has 1 aliphatic rings. The molecule has 2 aromatic rings. The molecule has 0 aliphatic carbocycles. The van der Waals surface area contributed by atoms with Gasteiger partial charge in [0.2, 0.25) is 21.8 Å². The lowest BCUT2D eigenvalue weighted by molar-refractivity contribution is -0.123. The second kappa shape index (κ2) is 9.36. The summed E-state index contributed by atoms with van der Waals surface area (Å²) in [5.41, 5.74) is 1.28. The van der Waals surface area contributed by atoms with Crippen LogP contribution in [0.1, 0.15) is 32.4 Å². The Kier molecular flexibility index (Phi) is 6.81. The second-order valence-corrected chi connectivity index (χ2v) is 8.90. The van der Waals surface area contributed by atoms with Crippen molar-refractivity contribution in [2.24, 2.45) is 0 Å². The topological polar surface area (TPSA) is 123 Å². The van der Waals surface area contributed by atoms with E-state index in [4.69, 9.17) is 9.47 Å². The highest BCUT2D eigenvalue weighted by Crippen LogP contribution is 2.32. The fraction of sp³-hybridized carbons (Fsp3) is 0.333. The van der Waals surface area contributed by atoms with Crippen molar-refractivity contribution in [1.29, 1.82) is 0 Å². The van der Waals surface area contributed by atoms with Crippen LogP contribution in [0.25, 0.3) is 0 Å². The molecule has 0 radical (unpaired) electrons. The molecule has 9 nitrogen and oxygen atoms in total. The average Bonchev–Trinajstić information content (AvgIpc) is 2.73. The SMILES string of the molecule is CC(=O)Nc1ccc(S(=O)(=O)N[C@@H](C)C(=O)NC(C)c2ccc3c(c2)OCCO3)cc1. The van der Waals surface area contributed by atoms with E-state index in [9.17, 15) is 18.0 Å². The minimum Gasteiger partial charge on any atom is -0.486 e. The van der Waals surface area contributed by atoms with E-state index >= 15 is 0 Å². The molecular formula is C21H25N3O6S. The molecule has 1 aliphatic heterocycles. The van der Waals surface area contributed by atoms with Gasteiger partial charge in [0.05, 0.1) is 17.0 Å². The van der Waals surface area contributed by atoms with Gasteiger partial charge in [-0.25, -0.2) is 8.42 Å². The molecule has 0 aromatic heterocycles. The van der Waals surface area contributed by atoms with Crippen LogP contribution in [0, 0.1) is 0 Å². The Hall–Kier alpha value is -3.11. The molecule has 2 aromatic carbocycles. The Morgan fingerprint density at radius 2 is 1.61 bits per heavy atom. The summed E-state index contributed by atoms with van der Waals surface area (Å²) < 4.78 is 38.6. The van der Waals surface area contributed by atoms with Crippen molar-refractivity contribution in [3.63, 3.8) is 0 Å². The lowest BCUT2D eigenvalue weighted by atomic mass is 10.1. The predicted octanol–water partition coefficient (Wildman–Crippen LogP) is 1.96. The minimum atomic E-state index is -3.92. The van der Waals surface area contributed by atoms with Gasteiger partial charge in [0, 0.05) is 12.6 Å². The first-order valence-corrected chi connectivity index (χ1v) is 11.2. The van der Waals surface area contributed by atoms with Gasteiger partial charge in [0.15, 0.2) is 11.5 Å². The lowest BCUT2D eigenvalue weighted by Gasteiger charge is -2.22. The van der Waals surface area contributed by atoms with Gasteiger partial charge in [-0.3, -0.25) is 9.59 Å². The fourth-order valence-electron chi connectivity index (χ4n) is 3.03. The number of anilines is 1. The predicted molar refractivity (Wildman–Crippen MR) is 115 cm³/mol. The van der Waals surface area contributed by atoms with Crippen LogP contribution < -0.4 is 24.8 Å². The zero-order valence-corrected chi connectivity index (χ0v) is 18.3. The number of carbonyl (C=O) groups is 2. The molecule has 2 atom stereocenters. The van der Waals surface area contributed by atoms with Crippen LogP contribution in [0.5, 0.6) is 11.5 Å². The van der Waals surface area contributed by atoms with Gasteiger partial charge < -0.3 is 20.1 Å². The Morgan fingerprint density at radius 3 is 2.26 bits per heavy atom. The van der Waals surface area contributed by atoms with Gasteiger partial charge >= 0.3 is 0 Å². The van der Waals surface area contributed by atoms with Gasteiger partial charge in [-0.15, -0.1) is 0 Å². The lowest BCUT2D eigenvalue weighted by Crippen LogP contribution is -2.45. The quantitative estimate of drug-likeness (QED) is 0.596. The molecule has 2 amide bonds. The summed E-state index contributed by atoms with van der Waals surface area (Å²) in [5.74, 6) is 0.535. The number of amides is 2. The molecule has 0 bridgehead atoms. The zero-order chi connectivity index (χ0) is 22.6. The molecule has 1 heterocycles. The van der Waals surface area contributed by atoms with E-state index in [0.717, 1.165) is 5.56 Å². The van der Waals surface area contributed by atoms with Crippen LogP contribution in [0.4, 0.5) is 5.69 Å². The van der Waals surface area contributed by atoms with Crippen LogP contribution in [-0.4, -0.2) is 39.5 Å². The second-order valence-electron chi connectivity index (χ2n) is 7.18. The molecule has 1 unspecified atom stereocenters. The first-order valence-electron chi connectivity index (χ1n) is 9.75. The Bertz CT molecular complexity index is 1070. The minimum absolute atomic E-state index is 0.0128. The number of fused-ring (bicyclic) bond motifs is 1. The Labute approximate surface area is 181 Å². The zero-order valence-electron chi connectivity index (χ0n) is 17.5. The van der Waals surface area contributed by atoms with E-state index in [1.165, 1.54) is 38.1 Å². The van der Waals surface area contributed by atoms with Gasteiger partial charge in [0.1, 0.15) is 13.2 Å². The summed E-state index contributed by atoms with van der Waals surface area (Å²) in [6.07, 6.45) is 0. The van der Waals surface area contributed by atoms with E-state index in [0.29, 0.717) is 30.4 Å².